The first-order chi connectivity index (χ1) is 15.2. The van der Waals surface area contributed by atoms with E-state index in [9.17, 15) is 30.3 Å². The molecular formula is C27H44O6. The summed E-state index contributed by atoms with van der Waals surface area (Å²) in [5, 5.41) is 55.4. The molecule has 0 spiro atoms. The molecular weight excluding hydrogens is 420 g/mol. The van der Waals surface area contributed by atoms with Crippen molar-refractivity contribution < 1.29 is 30.3 Å². The van der Waals surface area contributed by atoms with E-state index in [2.05, 4.69) is 13.8 Å². The lowest BCUT2D eigenvalue weighted by Crippen LogP contribution is -2.62. The van der Waals surface area contributed by atoms with Crippen LogP contribution in [0.15, 0.2) is 11.6 Å². The largest absolute Gasteiger partial charge is 0.390 e. The fourth-order valence-corrected chi connectivity index (χ4v) is 8.32. The van der Waals surface area contributed by atoms with Gasteiger partial charge in [-0.3, -0.25) is 4.79 Å². The van der Waals surface area contributed by atoms with Gasteiger partial charge in [-0.25, -0.2) is 0 Å². The summed E-state index contributed by atoms with van der Waals surface area (Å²) in [7, 11) is 0. The molecule has 5 N–H and O–H groups in total. The number of aliphatic hydroxyl groups is 5. The SMILES string of the molecule is CC(C)CC[C@@H](O)[C@@](C)(O)[C@H]1CC[C@@]2(O)C3=CC(=O)[C@@H]4C[C@@H](O)[C@H](O)C[C@]4(C)[C@H]3CC[C@]12C. The van der Waals surface area contributed by atoms with Crippen LogP contribution in [0, 0.1) is 34.5 Å². The lowest BCUT2D eigenvalue weighted by atomic mass is 9.45. The van der Waals surface area contributed by atoms with E-state index < -0.39 is 40.3 Å². The number of ketones is 1. The standard InChI is InChI=1S/C27H44O6/c1-15(2)6-7-23(31)26(5,32)22-9-11-27(33)17-12-19(28)18-13-20(29)21(30)14-24(18,3)16(17)8-10-25(22,27)4/h12,15-16,18,20-23,29-33H,6-11,13-14H2,1-5H3/t16-,18-,20+,21+,22-,23+,24+,25+,26-,27+/m0/s1. The molecule has 0 heterocycles. The Morgan fingerprint density at radius 2 is 1.76 bits per heavy atom. The first-order valence-corrected chi connectivity index (χ1v) is 12.9. The van der Waals surface area contributed by atoms with E-state index >= 15 is 0 Å². The lowest BCUT2D eigenvalue weighted by molar-refractivity contribution is -0.176. The smallest absolute Gasteiger partial charge is 0.159 e. The highest BCUT2D eigenvalue weighted by molar-refractivity contribution is 5.95. The van der Waals surface area contributed by atoms with Crippen LogP contribution >= 0.6 is 0 Å². The van der Waals surface area contributed by atoms with E-state index in [4.69, 9.17) is 0 Å². The second kappa shape index (κ2) is 8.12. The number of allylic oxidation sites excluding steroid dienone is 1. The normalized spacial score (nSPS) is 47.9. The molecule has 0 amide bonds. The summed E-state index contributed by atoms with van der Waals surface area (Å²) in [6.45, 7) is 9.96. The van der Waals surface area contributed by atoms with Crippen LogP contribution in [0.1, 0.15) is 86.0 Å². The van der Waals surface area contributed by atoms with Crippen LogP contribution in [-0.4, -0.2) is 60.8 Å². The van der Waals surface area contributed by atoms with Gasteiger partial charge in [0.05, 0.1) is 29.5 Å². The van der Waals surface area contributed by atoms with Crippen LogP contribution in [0.25, 0.3) is 0 Å². The summed E-state index contributed by atoms with van der Waals surface area (Å²) < 4.78 is 0. The summed E-state index contributed by atoms with van der Waals surface area (Å²) in [6, 6.07) is 0. The molecule has 4 aliphatic rings. The number of hydrogen-bond donors (Lipinski definition) is 5. The van der Waals surface area contributed by atoms with Crippen LogP contribution in [0.4, 0.5) is 0 Å². The van der Waals surface area contributed by atoms with Crippen LogP contribution in [-0.2, 0) is 4.79 Å². The van der Waals surface area contributed by atoms with Gasteiger partial charge < -0.3 is 25.5 Å². The molecule has 188 valence electrons. The summed E-state index contributed by atoms with van der Waals surface area (Å²) in [5.41, 5.74) is -2.98. The van der Waals surface area contributed by atoms with Gasteiger partial charge in [0.15, 0.2) is 5.78 Å². The Bertz CT molecular complexity index is 819. The molecule has 3 fully saturated rings. The number of fused-ring (bicyclic) bond motifs is 5. The van der Waals surface area contributed by atoms with Gasteiger partial charge in [0.25, 0.3) is 0 Å². The second-order valence-electron chi connectivity index (χ2n) is 12.8. The van der Waals surface area contributed by atoms with Crippen molar-refractivity contribution in [3.05, 3.63) is 11.6 Å². The molecule has 0 aromatic rings. The molecule has 4 rings (SSSR count). The number of carbonyl (C=O) groups excluding carboxylic acids is 1. The van der Waals surface area contributed by atoms with Crippen molar-refractivity contribution in [3.63, 3.8) is 0 Å². The van der Waals surface area contributed by atoms with Crippen molar-refractivity contribution >= 4 is 5.78 Å². The summed E-state index contributed by atoms with van der Waals surface area (Å²) in [6.07, 6.45) is 3.39. The molecule has 6 heteroatoms. The zero-order valence-corrected chi connectivity index (χ0v) is 20.9. The minimum atomic E-state index is -1.34. The third-order valence-electron chi connectivity index (χ3n) is 10.5. The first-order valence-electron chi connectivity index (χ1n) is 12.9. The zero-order chi connectivity index (χ0) is 24.6. The van der Waals surface area contributed by atoms with Gasteiger partial charge in [-0.1, -0.05) is 27.7 Å². The molecule has 0 saturated heterocycles. The maximum atomic E-state index is 13.2. The molecule has 0 aromatic heterocycles. The Morgan fingerprint density at radius 3 is 2.39 bits per heavy atom. The Morgan fingerprint density at radius 1 is 1.09 bits per heavy atom. The van der Waals surface area contributed by atoms with E-state index in [-0.39, 0.29) is 30.0 Å². The molecule has 33 heavy (non-hydrogen) atoms. The van der Waals surface area contributed by atoms with E-state index in [0.717, 1.165) is 18.4 Å². The van der Waals surface area contributed by atoms with Gasteiger partial charge >= 0.3 is 0 Å². The predicted octanol–water partition coefficient (Wildman–Crippen LogP) is 2.74. The second-order valence-corrected chi connectivity index (χ2v) is 12.8. The molecule has 0 aliphatic heterocycles. The number of rotatable bonds is 5. The average Bonchev–Trinajstić information content (AvgIpc) is 3.00. The Labute approximate surface area is 198 Å². The van der Waals surface area contributed by atoms with Crippen molar-refractivity contribution in [3.8, 4) is 0 Å². The highest BCUT2D eigenvalue weighted by Crippen LogP contribution is 2.68. The Hall–Kier alpha value is -0.790. The Balaban J connectivity index is 1.68. The number of hydrogen-bond acceptors (Lipinski definition) is 6. The predicted molar refractivity (Wildman–Crippen MR) is 125 cm³/mol. The minimum Gasteiger partial charge on any atom is -0.390 e. The van der Waals surface area contributed by atoms with Gasteiger partial charge in [-0.15, -0.1) is 0 Å². The quantitative estimate of drug-likeness (QED) is 0.427. The summed E-state index contributed by atoms with van der Waals surface area (Å²) in [4.78, 5) is 13.2. The molecule has 0 aromatic carbocycles. The molecule has 4 aliphatic carbocycles. The van der Waals surface area contributed by atoms with Crippen molar-refractivity contribution in [2.75, 3.05) is 0 Å². The van der Waals surface area contributed by atoms with Crippen LogP contribution in [0.3, 0.4) is 0 Å². The first kappa shape index (κ1) is 25.3. The van der Waals surface area contributed by atoms with Gasteiger partial charge in [-0.2, -0.15) is 0 Å². The number of aliphatic hydroxyl groups excluding tert-OH is 3. The average molecular weight is 465 g/mol. The molecule has 0 bridgehead atoms. The summed E-state index contributed by atoms with van der Waals surface area (Å²) in [5.74, 6) is -0.331. The van der Waals surface area contributed by atoms with Crippen molar-refractivity contribution in [2.45, 2.75) is 115 Å². The molecule has 6 nitrogen and oxygen atoms in total. The maximum Gasteiger partial charge on any atom is 0.159 e. The third-order valence-corrected chi connectivity index (χ3v) is 10.5. The molecule has 0 radical (unpaired) electrons. The fraction of sp³-hybridized carbons (Fsp3) is 0.889. The third kappa shape index (κ3) is 3.58. The van der Waals surface area contributed by atoms with Gasteiger partial charge in [0.1, 0.15) is 0 Å². The van der Waals surface area contributed by atoms with Crippen molar-refractivity contribution in [1.29, 1.82) is 0 Å². The highest BCUT2D eigenvalue weighted by atomic mass is 16.3. The molecule has 10 atom stereocenters. The lowest BCUT2D eigenvalue weighted by Gasteiger charge is -2.60. The van der Waals surface area contributed by atoms with Gasteiger partial charge in [-0.05, 0) is 93.1 Å². The highest BCUT2D eigenvalue weighted by Gasteiger charge is 2.69. The molecule has 3 saturated carbocycles. The van der Waals surface area contributed by atoms with E-state index in [0.29, 0.717) is 38.0 Å². The Kier molecular flexibility index (Phi) is 6.23. The maximum absolute atomic E-state index is 13.2. The summed E-state index contributed by atoms with van der Waals surface area (Å²) >= 11 is 0. The van der Waals surface area contributed by atoms with E-state index in [1.165, 1.54) is 0 Å². The fourth-order valence-electron chi connectivity index (χ4n) is 8.32. The number of carbonyl (C=O) groups is 1. The van der Waals surface area contributed by atoms with Crippen LogP contribution in [0.5, 0.6) is 0 Å². The topological polar surface area (TPSA) is 118 Å². The van der Waals surface area contributed by atoms with E-state index in [1.807, 2.05) is 13.8 Å². The van der Waals surface area contributed by atoms with Crippen molar-refractivity contribution in [1.82, 2.24) is 0 Å². The minimum absolute atomic E-state index is 0.0463. The van der Waals surface area contributed by atoms with Crippen LogP contribution in [0.2, 0.25) is 0 Å². The van der Waals surface area contributed by atoms with Gasteiger partial charge in [0.2, 0.25) is 0 Å². The molecule has 0 unspecified atom stereocenters. The zero-order valence-electron chi connectivity index (χ0n) is 20.9. The monoisotopic (exact) mass is 464 g/mol. The van der Waals surface area contributed by atoms with Gasteiger partial charge in [0, 0.05) is 11.3 Å². The van der Waals surface area contributed by atoms with E-state index in [1.54, 1.807) is 13.0 Å². The van der Waals surface area contributed by atoms with Crippen LogP contribution < -0.4 is 0 Å². The van der Waals surface area contributed by atoms with Crippen molar-refractivity contribution in [2.24, 2.45) is 34.5 Å².